The fraction of sp³-hybridized carbons (Fsp3) is 0.143. The first kappa shape index (κ1) is 18.9. The molecule has 0 aliphatic heterocycles. The first-order valence-corrected chi connectivity index (χ1v) is 9.38. The van der Waals surface area contributed by atoms with Crippen molar-refractivity contribution in [2.24, 2.45) is 0 Å². The number of amides is 1. The summed E-state index contributed by atoms with van der Waals surface area (Å²) in [5.74, 6) is 0.294. The first-order chi connectivity index (χ1) is 14.0. The van der Waals surface area contributed by atoms with E-state index >= 15 is 0 Å². The van der Waals surface area contributed by atoms with E-state index in [0.29, 0.717) is 16.3 Å². The maximum Gasteiger partial charge on any atom is 0.259 e. The number of pyridine rings is 1. The Hall–Kier alpha value is -3.45. The molecule has 2 aromatic heterocycles. The van der Waals surface area contributed by atoms with Gasteiger partial charge in [0, 0.05) is 29.1 Å². The first-order valence-electron chi connectivity index (χ1n) is 9.00. The quantitative estimate of drug-likeness (QED) is 0.517. The zero-order valence-corrected chi connectivity index (χ0v) is 16.3. The van der Waals surface area contributed by atoms with Gasteiger partial charge in [0.25, 0.3) is 5.56 Å². The van der Waals surface area contributed by atoms with E-state index in [4.69, 9.17) is 16.1 Å². The lowest BCUT2D eigenvalue weighted by molar-refractivity contribution is -0.116. The van der Waals surface area contributed by atoms with Crippen LogP contribution in [-0.2, 0) is 11.2 Å². The number of rotatable bonds is 5. The van der Waals surface area contributed by atoms with Crippen molar-refractivity contribution in [2.45, 2.75) is 19.8 Å². The van der Waals surface area contributed by atoms with Gasteiger partial charge in [-0.2, -0.15) is 4.98 Å². The SMILES string of the molecule is Cc1ccc2cc(-c3noc(CCC(=O)Nc4ccc(Cl)cc4)n3)c(=O)[nH]c2c1. The smallest absolute Gasteiger partial charge is 0.259 e. The zero-order valence-electron chi connectivity index (χ0n) is 15.5. The lowest BCUT2D eigenvalue weighted by Gasteiger charge is -2.03. The molecule has 29 heavy (non-hydrogen) atoms. The van der Waals surface area contributed by atoms with E-state index in [1.807, 2.05) is 25.1 Å². The fourth-order valence-electron chi connectivity index (χ4n) is 2.92. The zero-order chi connectivity index (χ0) is 20.4. The minimum atomic E-state index is -0.295. The van der Waals surface area contributed by atoms with Crippen LogP contribution < -0.4 is 10.9 Å². The Balaban J connectivity index is 1.45. The second-order valence-electron chi connectivity index (χ2n) is 6.67. The normalized spacial score (nSPS) is 11.0. The van der Waals surface area contributed by atoms with Crippen molar-refractivity contribution in [1.82, 2.24) is 15.1 Å². The van der Waals surface area contributed by atoms with Crippen LogP contribution in [-0.4, -0.2) is 21.0 Å². The van der Waals surface area contributed by atoms with Crippen molar-refractivity contribution < 1.29 is 9.32 Å². The minimum Gasteiger partial charge on any atom is -0.339 e. The summed E-state index contributed by atoms with van der Waals surface area (Å²) in [5.41, 5.74) is 2.49. The molecule has 4 rings (SSSR count). The highest BCUT2D eigenvalue weighted by Crippen LogP contribution is 2.19. The minimum absolute atomic E-state index is 0.164. The molecule has 0 saturated carbocycles. The van der Waals surface area contributed by atoms with Crippen molar-refractivity contribution in [3.05, 3.63) is 75.4 Å². The van der Waals surface area contributed by atoms with Crippen molar-refractivity contribution in [2.75, 3.05) is 5.32 Å². The molecule has 2 heterocycles. The van der Waals surface area contributed by atoms with Crippen LogP contribution in [0.1, 0.15) is 17.9 Å². The number of halogens is 1. The van der Waals surface area contributed by atoms with Crippen LogP contribution in [0.25, 0.3) is 22.3 Å². The summed E-state index contributed by atoms with van der Waals surface area (Å²) in [6, 6.07) is 14.4. The van der Waals surface area contributed by atoms with Crippen LogP contribution in [0.4, 0.5) is 5.69 Å². The second kappa shape index (κ2) is 7.89. The van der Waals surface area contributed by atoms with Gasteiger partial charge in [-0.3, -0.25) is 9.59 Å². The van der Waals surface area contributed by atoms with Crippen LogP contribution in [0.2, 0.25) is 5.02 Å². The number of fused-ring (bicyclic) bond motifs is 1. The molecule has 2 N–H and O–H groups in total. The Bertz CT molecular complexity index is 1250. The molecule has 0 spiro atoms. The average Bonchev–Trinajstić information content (AvgIpc) is 3.16. The van der Waals surface area contributed by atoms with Crippen LogP contribution in [0.15, 0.2) is 57.8 Å². The number of benzene rings is 2. The number of aromatic nitrogens is 3. The van der Waals surface area contributed by atoms with E-state index in [-0.39, 0.29) is 36.0 Å². The van der Waals surface area contributed by atoms with Crippen molar-refractivity contribution in [1.29, 1.82) is 0 Å². The van der Waals surface area contributed by atoms with Gasteiger partial charge in [0.1, 0.15) is 0 Å². The van der Waals surface area contributed by atoms with E-state index in [0.717, 1.165) is 16.5 Å². The lowest BCUT2D eigenvalue weighted by atomic mass is 10.1. The van der Waals surface area contributed by atoms with Gasteiger partial charge >= 0.3 is 0 Å². The lowest BCUT2D eigenvalue weighted by Crippen LogP contribution is -2.12. The molecule has 0 atom stereocenters. The summed E-state index contributed by atoms with van der Waals surface area (Å²) < 4.78 is 5.21. The van der Waals surface area contributed by atoms with Gasteiger partial charge in [0.15, 0.2) is 0 Å². The van der Waals surface area contributed by atoms with Gasteiger partial charge in [-0.25, -0.2) is 0 Å². The summed E-state index contributed by atoms with van der Waals surface area (Å²) in [5, 5.41) is 8.13. The van der Waals surface area contributed by atoms with Gasteiger partial charge in [-0.1, -0.05) is 28.9 Å². The van der Waals surface area contributed by atoms with Gasteiger partial charge in [-0.15, -0.1) is 0 Å². The Morgan fingerprint density at radius 3 is 2.76 bits per heavy atom. The van der Waals surface area contributed by atoms with Crippen LogP contribution in [0.3, 0.4) is 0 Å². The number of carbonyl (C=O) groups is 1. The molecule has 2 aromatic carbocycles. The van der Waals surface area contributed by atoms with Crippen molar-refractivity contribution in [3.63, 3.8) is 0 Å². The highest BCUT2D eigenvalue weighted by Gasteiger charge is 2.14. The summed E-state index contributed by atoms with van der Waals surface area (Å²) in [4.78, 5) is 31.6. The number of hydrogen-bond acceptors (Lipinski definition) is 5. The van der Waals surface area contributed by atoms with E-state index in [1.54, 1.807) is 30.3 Å². The number of hydrogen-bond donors (Lipinski definition) is 2. The van der Waals surface area contributed by atoms with E-state index in [9.17, 15) is 9.59 Å². The molecule has 0 fully saturated rings. The number of aryl methyl sites for hydroxylation is 2. The predicted molar refractivity (Wildman–Crippen MR) is 111 cm³/mol. The number of carbonyl (C=O) groups excluding carboxylic acids is 1. The Morgan fingerprint density at radius 2 is 1.97 bits per heavy atom. The number of nitrogens with one attached hydrogen (secondary N) is 2. The molecule has 7 nitrogen and oxygen atoms in total. The van der Waals surface area contributed by atoms with Crippen LogP contribution in [0.5, 0.6) is 0 Å². The van der Waals surface area contributed by atoms with E-state index < -0.39 is 0 Å². The highest BCUT2D eigenvalue weighted by atomic mass is 35.5. The Kier molecular flexibility index (Phi) is 5.14. The number of H-pyrrole nitrogens is 1. The molecule has 4 aromatic rings. The largest absolute Gasteiger partial charge is 0.339 e. The molecule has 0 radical (unpaired) electrons. The van der Waals surface area contributed by atoms with Gasteiger partial charge in [-0.05, 0) is 54.3 Å². The maximum atomic E-state index is 12.4. The van der Waals surface area contributed by atoms with Crippen LogP contribution in [0, 0.1) is 6.92 Å². The molecule has 1 amide bonds. The predicted octanol–water partition coefficient (Wildman–Crippen LogP) is 4.11. The third-order valence-corrected chi connectivity index (χ3v) is 4.66. The van der Waals surface area contributed by atoms with Gasteiger partial charge in [0.2, 0.25) is 17.6 Å². The summed E-state index contributed by atoms with van der Waals surface area (Å²) >= 11 is 5.83. The summed E-state index contributed by atoms with van der Waals surface area (Å²) in [6.45, 7) is 1.96. The Labute approximate surface area is 170 Å². The molecule has 0 unspecified atom stereocenters. The molecule has 0 aliphatic rings. The maximum absolute atomic E-state index is 12.4. The molecule has 0 saturated heterocycles. The average molecular weight is 409 g/mol. The standard InChI is InChI=1S/C21H17ClN4O3/c1-12-2-3-13-11-16(21(28)24-17(13)10-12)20-25-19(29-26-20)9-8-18(27)23-15-6-4-14(22)5-7-15/h2-7,10-11H,8-9H2,1H3,(H,23,27)(H,24,28). The second-order valence-corrected chi connectivity index (χ2v) is 7.11. The topological polar surface area (TPSA) is 101 Å². The molecular weight excluding hydrogens is 392 g/mol. The Morgan fingerprint density at radius 1 is 1.17 bits per heavy atom. The van der Waals surface area contributed by atoms with Crippen LogP contribution >= 0.6 is 11.6 Å². The summed E-state index contributed by atoms with van der Waals surface area (Å²) in [6.07, 6.45) is 0.425. The molecular formula is C21H17ClN4O3. The van der Waals surface area contributed by atoms with Gasteiger partial charge in [0.05, 0.1) is 5.56 Å². The third-order valence-electron chi connectivity index (χ3n) is 4.40. The molecule has 146 valence electrons. The summed E-state index contributed by atoms with van der Waals surface area (Å²) in [7, 11) is 0. The van der Waals surface area contributed by atoms with E-state index in [1.165, 1.54) is 0 Å². The number of nitrogens with zero attached hydrogens (tertiary/aromatic N) is 2. The van der Waals surface area contributed by atoms with Gasteiger partial charge < -0.3 is 14.8 Å². The highest BCUT2D eigenvalue weighted by molar-refractivity contribution is 6.30. The molecule has 8 heteroatoms. The number of anilines is 1. The van der Waals surface area contributed by atoms with E-state index in [2.05, 4.69) is 20.4 Å². The number of aromatic amines is 1. The third kappa shape index (κ3) is 4.35. The fourth-order valence-corrected chi connectivity index (χ4v) is 3.05. The van der Waals surface area contributed by atoms with Crippen molar-refractivity contribution >= 4 is 34.1 Å². The monoisotopic (exact) mass is 408 g/mol. The molecule has 0 bridgehead atoms. The van der Waals surface area contributed by atoms with Crippen molar-refractivity contribution in [3.8, 4) is 11.4 Å². The molecule has 0 aliphatic carbocycles.